The first-order chi connectivity index (χ1) is 22.2. The smallest absolute Gasteiger partial charge is 0.335 e. The quantitative estimate of drug-likeness (QED) is 0.324. The summed E-state index contributed by atoms with van der Waals surface area (Å²) in [6.45, 7) is 20.8. The lowest BCUT2D eigenvalue weighted by Crippen LogP contribution is -2.69. The SMILES string of the molecule is C=C[C@@H]1CC[C@]2(NC(=O)N3CCN(C)CC3)CC[C@]3(C)[C@H](CC[C@@H]4[C@@]5(C)CC=C(c6ccc(C(=O)O)cc6)C(C)(C)[C@@H]5CC[C@]43C)[C@@H]12. The van der Waals surface area contributed by atoms with Crippen LogP contribution in [0.1, 0.15) is 108 Å². The topological polar surface area (TPSA) is 72.9 Å². The molecule has 0 spiro atoms. The van der Waals surface area contributed by atoms with Gasteiger partial charge in [0.25, 0.3) is 0 Å². The molecule has 1 saturated heterocycles. The number of hydrogen-bond acceptors (Lipinski definition) is 3. The van der Waals surface area contributed by atoms with Gasteiger partial charge in [-0.3, -0.25) is 0 Å². The normalized spacial score (nSPS) is 42.6. The number of hydrogen-bond donors (Lipinski definition) is 2. The Morgan fingerprint density at radius 3 is 2.23 bits per heavy atom. The van der Waals surface area contributed by atoms with Gasteiger partial charge in [-0.25, -0.2) is 9.59 Å². The molecule has 5 fully saturated rings. The van der Waals surface area contributed by atoms with E-state index in [0.717, 1.165) is 51.9 Å². The molecule has 9 atom stereocenters. The van der Waals surface area contributed by atoms with Crippen molar-refractivity contribution in [1.29, 1.82) is 0 Å². The van der Waals surface area contributed by atoms with E-state index in [4.69, 9.17) is 0 Å². The maximum absolute atomic E-state index is 13.8. The van der Waals surface area contributed by atoms with Gasteiger partial charge in [0, 0.05) is 31.7 Å². The second-order valence-corrected chi connectivity index (χ2v) is 17.9. The Labute approximate surface area is 283 Å². The molecule has 0 unspecified atom stereocenters. The van der Waals surface area contributed by atoms with E-state index in [9.17, 15) is 14.7 Å². The van der Waals surface area contributed by atoms with Gasteiger partial charge in [0.05, 0.1) is 5.56 Å². The Hall–Kier alpha value is -2.60. The van der Waals surface area contributed by atoms with Crippen molar-refractivity contribution in [3.05, 3.63) is 54.1 Å². The number of nitrogens with one attached hydrogen (secondary N) is 1. The Balaban J connectivity index is 1.18. The van der Waals surface area contributed by atoms with Crippen molar-refractivity contribution in [3.8, 4) is 0 Å². The molecule has 1 aromatic rings. The second kappa shape index (κ2) is 11.2. The number of nitrogens with zero attached hydrogens (tertiary/aromatic N) is 2. The van der Waals surface area contributed by atoms with Crippen LogP contribution in [-0.2, 0) is 0 Å². The molecule has 256 valence electrons. The number of likely N-dealkylation sites (N-methyl/N-ethyl adjacent to an activating group) is 1. The minimum absolute atomic E-state index is 0.00543. The largest absolute Gasteiger partial charge is 0.478 e. The molecule has 5 aliphatic carbocycles. The Bertz CT molecular complexity index is 1460. The lowest BCUT2D eigenvalue weighted by molar-refractivity contribution is -0.218. The standard InChI is InChI=1S/C41H59N3O3/c1-8-27-15-20-41(42-36(47)44-25-23-43(7)24-26-44)22-21-39(5)31(34(27)41)13-14-33-38(4)18-16-30(28-9-11-29(12-10-28)35(45)46)37(2,3)32(38)17-19-40(33,39)6/h8-12,16,27,31-34H,1,13-15,17-26H2,2-7H3,(H,42,47)(H,45,46)/t27-,31-,32+,33-,34-,38+,39-,40-,41+/m1/s1. The Morgan fingerprint density at radius 2 is 1.57 bits per heavy atom. The van der Waals surface area contributed by atoms with E-state index in [0.29, 0.717) is 35.2 Å². The van der Waals surface area contributed by atoms with Crippen molar-refractivity contribution in [2.24, 2.45) is 51.2 Å². The van der Waals surface area contributed by atoms with Gasteiger partial charge in [-0.15, -0.1) is 6.58 Å². The molecular formula is C41H59N3O3. The Kier molecular flexibility index (Phi) is 7.86. The molecule has 0 aromatic heterocycles. The van der Waals surface area contributed by atoms with Gasteiger partial charge < -0.3 is 20.2 Å². The molecule has 0 bridgehead atoms. The van der Waals surface area contributed by atoms with E-state index < -0.39 is 5.97 Å². The summed E-state index contributed by atoms with van der Waals surface area (Å²) in [6.07, 6.45) is 15.3. The third-order valence-corrected chi connectivity index (χ3v) is 16.0. The average molecular weight is 642 g/mol. The summed E-state index contributed by atoms with van der Waals surface area (Å²) in [6, 6.07) is 7.73. The Morgan fingerprint density at radius 1 is 0.872 bits per heavy atom. The third-order valence-electron chi connectivity index (χ3n) is 16.0. The molecule has 6 aliphatic rings. The number of aromatic carboxylic acids is 1. The number of carbonyl (C=O) groups excluding carboxylic acids is 1. The summed E-state index contributed by atoms with van der Waals surface area (Å²) in [4.78, 5) is 29.7. The predicted molar refractivity (Wildman–Crippen MR) is 189 cm³/mol. The molecule has 6 nitrogen and oxygen atoms in total. The molecule has 0 radical (unpaired) electrons. The van der Waals surface area contributed by atoms with Gasteiger partial charge in [0.2, 0.25) is 0 Å². The van der Waals surface area contributed by atoms with E-state index >= 15 is 0 Å². The summed E-state index contributed by atoms with van der Waals surface area (Å²) < 4.78 is 0. The molecule has 1 heterocycles. The predicted octanol–water partition coefficient (Wildman–Crippen LogP) is 8.36. The number of piperazine rings is 1. The first kappa shape index (κ1) is 32.9. The van der Waals surface area contributed by atoms with Crippen molar-refractivity contribution in [3.63, 3.8) is 0 Å². The minimum Gasteiger partial charge on any atom is -0.478 e. The van der Waals surface area contributed by atoms with E-state index in [1.54, 1.807) is 12.1 Å². The monoisotopic (exact) mass is 641 g/mol. The maximum atomic E-state index is 13.8. The maximum Gasteiger partial charge on any atom is 0.335 e. The average Bonchev–Trinajstić information content (AvgIpc) is 3.40. The highest BCUT2D eigenvalue weighted by molar-refractivity contribution is 5.88. The number of fused-ring (bicyclic) bond motifs is 7. The first-order valence-corrected chi connectivity index (χ1v) is 18.6. The van der Waals surface area contributed by atoms with Crippen molar-refractivity contribution in [2.75, 3.05) is 33.2 Å². The molecule has 7 rings (SSSR count). The van der Waals surface area contributed by atoms with Crippen LogP contribution in [0.15, 0.2) is 43.0 Å². The highest BCUT2D eigenvalue weighted by Gasteiger charge is 2.70. The van der Waals surface area contributed by atoms with Crippen LogP contribution >= 0.6 is 0 Å². The van der Waals surface area contributed by atoms with Crippen molar-refractivity contribution in [1.82, 2.24) is 15.1 Å². The highest BCUT2D eigenvalue weighted by Crippen LogP contribution is 2.76. The van der Waals surface area contributed by atoms with Crippen LogP contribution in [0.5, 0.6) is 0 Å². The fourth-order valence-corrected chi connectivity index (χ4v) is 13.3. The lowest BCUT2D eigenvalue weighted by Gasteiger charge is -2.72. The first-order valence-electron chi connectivity index (χ1n) is 18.6. The lowest BCUT2D eigenvalue weighted by atomic mass is 9.33. The van der Waals surface area contributed by atoms with E-state index in [2.05, 4.69) is 75.5 Å². The summed E-state index contributed by atoms with van der Waals surface area (Å²) in [5, 5.41) is 13.2. The van der Waals surface area contributed by atoms with Crippen LogP contribution in [0, 0.1) is 51.2 Å². The molecular weight excluding hydrogens is 582 g/mol. The van der Waals surface area contributed by atoms with Gasteiger partial charge >= 0.3 is 12.0 Å². The second-order valence-electron chi connectivity index (χ2n) is 17.9. The number of rotatable bonds is 4. The van der Waals surface area contributed by atoms with Gasteiger partial charge in [0.15, 0.2) is 0 Å². The summed E-state index contributed by atoms with van der Waals surface area (Å²) in [7, 11) is 2.15. The third kappa shape index (κ3) is 4.73. The summed E-state index contributed by atoms with van der Waals surface area (Å²) >= 11 is 0. The fourth-order valence-electron chi connectivity index (χ4n) is 13.3. The fraction of sp³-hybridized carbons (Fsp3) is 0.707. The number of urea groups is 1. The van der Waals surface area contributed by atoms with Gasteiger partial charge in [-0.05, 0) is 139 Å². The zero-order chi connectivity index (χ0) is 33.6. The van der Waals surface area contributed by atoms with Gasteiger partial charge in [-0.2, -0.15) is 0 Å². The zero-order valence-corrected chi connectivity index (χ0v) is 29.9. The van der Waals surface area contributed by atoms with Crippen LogP contribution in [0.3, 0.4) is 0 Å². The van der Waals surface area contributed by atoms with Crippen LogP contribution in [-0.4, -0.2) is 65.7 Å². The van der Waals surface area contributed by atoms with Crippen molar-refractivity contribution < 1.29 is 14.7 Å². The molecule has 6 heteroatoms. The molecule has 2 amide bonds. The van der Waals surface area contributed by atoms with E-state index in [-0.39, 0.29) is 33.2 Å². The van der Waals surface area contributed by atoms with Crippen LogP contribution in [0.2, 0.25) is 0 Å². The summed E-state index contributed by atoms with van der Waals surface area (Å²) in [5.41, 5.74) is 3.48. The van der Waals surface area contributed by atoms with Gasteiger partial charge in [0.1, 0.15) is 0 Å². The molecule has 47 heavy (non-hydrogen) atoms. The number of benzene rings is 1. The number of amides is 2. The summed E-state index contributed by atoms with van der Waals surface area (Å²) in [5.74, 6) is 1.87. The molecule has 1 aromatic carbocycles. The van der Waals surface area contributed by atoms with Crippen LogP contribution < -0.4 is 5.32 Å². The highest BCUT2D eigenvalue weighted by atomic mass is 16.4. The number of carbonyl (C=O) groups is 2. The number of allylic oxidation sites excluding steroid dienone is 3. The van der Waals surface area contributed by atoms with Crippen LogP contribution in [0.4, 0.5) is 4.79 Å². The molecule has 1 aliphatic heterocycles. The molecule has 2 N–H and O–H groups in total. The number of carboxylic acid groups (broad SMARTS) is 1. The van der Waals surface area contributed by atoms with Crippen molar-refractivity contribution >= 4 is 17.6 Å². The van der Waals surface area contributed by atoms with E-state index in [1.165, 1.54) is 43.2 Å². The van der Waals surface area contributed by atoms with Crippen LogP contribution in [0.25, 0.3) is 5.57 Å². The minimum atomic E-state index is -0.869. The molecule has 4 saturated carbocycles. The number of carboxylic acids is 1. The van der Waals surface area contributed by atoms with Crippen molar-refractivity contribution in [2.45, 2.75) is 97.9 Å². The van der Waals surface area contributed by atoms with E-state index in [1.807, 2.05) is 12.1 Å². The zero-order valence-electron chi connectivity index (χ0n) is 29.9. The van der Waals surface area contributed by atoms with Gasteiger partial charge in [-0.1, -0.05) is 58.9 Å².